The highest BCUT2D eigenvalue weighted by Gasteiger charge is 1.94. The maximum absolute atomic E-state index is 9.33. The first-order chi connectivity index (χ1) is 7.53. The Morgan fingerprint density at radius 1 is 0.938 bits per heavy atom. The van der Waals surface area contributed by atoms with Gasteiger partial charge in [0.15, 0.2) is 0 Å². The molecular formula is C11H12O4S. The molecule has 86 valence electrons. The second-order valence-electron chi connectivity index (χ2n) is 2.94. The lowest BCUT2D eigenvalue weighted by atomic mass is 10.1. The first-order valence-corrected chi connectivity index (χ1v) is 5.86. The van der Waals surface area contributed by atoms with E-state index in [1.165, 1.54) is 10.8 Å². The van der Waals surface area contributed by atoms with Gasteiger partial charge in [0.25, 0.3) is 0 Å². The van der Waals surface area contributed by atoms with Crippen LogP contribution in [-0.4, -0.2) is 20.1 Å². The van der Waals surface area contributed by atoms with E-state index in [1.807, 2.05) is 0 Å². The van der Waals surface area contributed by atoms with Gasteiger partial charge < -0.3 is 0 Å². The molecule has 16 heavy (non-hydrogen) atoms. The van der Waals surface area contributed by atoms with Gasteiger partial charge in [-0.15, -0.1) is 0 Å². The lowest BCUT2D eigenvalue weighted by Crippen LogP contribution is -1.96. The quantitative estimate of drug-likeness (QED) is 0.777. The predicted molar refractivity (Wildman–Crippen MR) is 62.5 cm³/mol. The normalized spacial score (nSPS) is 10.6. The Hall–Kier alpha value is -1.43. The zero-order valence-corrected chi connectivity index (χ0v) is 9.52. The van der Waals surface area contributed by atoms with Crippen LogP contribution in [0, 0.1) is 0 Å². The Morgan fingerprint density at radius 3 is 1.38 bits per heavy atom. The summed E-state index contributed by atoms with van der Waals surface area (Å²) in [6.07, 6.45) is 0. The summed E-state index contributed by atoms with van der Waals surface area (Å²) >= 11 is 0. The standard InChI is InChI=1S/C10H8.CH4O4S/c1-2-6-10-8-4-3-7-9(10)5-1;1-5-6(2,3)4/h1-8H;1H3,(H,2,3,4). The highest BCUT2D eigenvalue weighted by atomic mass is 32.3. The molecular weight excluding hydrogens is 228 g/mol. The van der Waals surface area contributed by atoms with Crippen molar-refractivity contribution in [2.45, 2.75) is 0 Å². The Bertz CT molecular complexity index is 483. The van der Waals surface area contributed by atoms with E-state index in [0.29, 0.717) is 0 Å². The van der Waals surface area contributed by atoms with Crippen molar-refractivity contribution >= 4 is 21.2 Å². The van der Waals surface area contributed by atoms with E-state index in [-0.39, 0.29) is 0 Å². The van der Waals surface area contributed by atoms with Crippen LogP contribution in [0.5, 0.6) is 0 Å². The number of fused-ring (bicyclic) bond motifs is 1. The predicted octanol–water partition coefficient (Wildman–Crippen LogP) is 2.28. The monoisotopic (exact) mass is 240 g/mol. The molecule has 0 radical (unpaired) electrons. The van der Waals surface area contributed by atoms with Crippen LogP contribution in [0.2, 0.25) is 0 Å². The molecule has 0 bridgehead atoms. The van der Waals surface area contributed by atoms with E-state index in [1.54, 1.807) is 0 Å². The second-order valence-corrected chi connectivity index (χ2v) is 4.13. The molecule has 2 aromatic rings. The van der Waals surface area contributed by atoms with Crippen LogP contribution in [0.4, 0.5) is 0 Å². The largest absolute Gasteiger partial charge is 0.397 e. The molecule has 2 aromatic carbocycles. The van der Waals surface area contributed by atoms with E-state index in [9.17, 15) is 8.42 Å². The van der Waals surface area contributed by atoms with E-state index < -0.39 is 10.4 Å². The Kier molecular flexibility index (Phi) is 4.42. The third-order valence-corrected chi connectivity index (χ3v) is 2.29. The zero-order chi connectivity index (χ0) is 12.0. The molecule has 1 N–H and O–H groups in total. The number of hydrogen-bond acceptors (Lipinski definition) is 3. The summed E-state index contributed by atoms with van der Waals surface area (Å²) in [5.74, 6) is 0. The first-order valence-electron chi connectivity index (χ1n) is 4.50. The molecule has 0 unspecified atom stereocenters. The fourth-order valence-corrected chi connectivity index (χ4v) is 1.13. The molecule has 0 heterocycles. The molecule has 0 atom stereocenters. The van der Waals surface area contributed by atoms with Crippen molar-refractivity contribution in [1.82, 2.24) is 0 Å². The van der Waals surface area contributed by atoms with Gasteiger partial charge in [-0.3, -0.25) is 8.74 Å². The number of rotatable bonds is 1. The minimum atomic E-state index is -4.16. The van der Waals surface area contributed by atoms with E-state index in [0.717, 1.165) is 7.11 Å². The third kappa shape index (κ3) is 4.39. The SMILES string of the molecule is COS(=O)(=O)O.c1ccc2ccccc2c1. The fourth-order valence-electron chi connectivity index (χ4n) is 1.13. The van der Waals surface area contributed by atoms with Crippen molar-refractivity contribution in [3.8, 4) is 0 Å². The summed E-state index contributed by atoms with van der Waals surface area (Å²) in [4.78, 5) is 0. The molecule has 5 heteroatoms. The van der Waals surface area contributed by atoms with Gasteiger partial charge in [0.2, 0.25) is 0 Å². The topological polar surface area (TPSA) is 63.6 Å². The van der Waals surface area contributed by atoms with Gasteiger partial charge >= 0.3 is 10.4 Å². The zero-order valence-electron chi connectivity index (χ0n) is 8.70. The average Bonchev–Trinajstić information content (AvgIpc) is 2.29. The van der Waals surface area contributed by atoms with Crippen LogP contribution >= 0.6 is 0 Å². The minimum Gasteiger partial charge on any atom is -0.264 e. The van der Waals surface area contributed by atoms with E-state index in [4.69, 9.17) is 4.55 Å². The molecule has 0 spiro atoms. The van der Waals surface area contributed by atoms with Crippen molar-refractivity contribution in [3.63, 3.8) is 0 Å². The van der Waals surface area contributed by atoms with Gasteiger partial charge in [0.1, 0.15) is 0 Å². The highest BCUT2D eigenvalue weighted by molar-refractivity contribution is 7.80. The van der Waals surface area contributed by atoms with Crippen molar-refractivity contribution < 1.29 is 17.2 Å². The van der Waals surface area contributed by atoms with Crippen molar-refractivity contribution in [2.75, 3.05) is 7.11 Å². The third-order valence-electron chi connectivity index (χ3n) is 1.87. The first kappa shape index (κ1) is 12.6. The summed E-state index contributed by atoms with van der Waals surface area (Å²) in [5.41, 5.74) is 0. The summed E-state index contributed by atoms with van der Waals surface area (Å²) in [6.45, 7) is 0. The molecule has 0 aliphatic heterocycles. The van der Waals surface area contributed by atoms with Crippen LogP contribution < -0.4 is 0 Å². The lowest BCUT2D eigenvalue weighted by Gasteiger charge is -1.92. The smallest absolute Gasteiger partial charge is 0.264 e. The van der Waals surface area contributed by atoms with Crippen molar-refractivity contribution in [1.29, 1.82) is 0 Å². The van der Waals surface area contributed by atoms with Crippen molar-refractivity contribution in [3.05, 3.63) is 48.5 Å². The molecule has 2 rings (SSSR count). The second kappa shape index (κ2) is 5.60. The summed E-state index contributed by atoms with van der Waals surface area (Å²) < 4.78 is 29.7. The minimum absolute atomic E-state index is 0.870. The van der Waals surface area contributed by atoms with Crippen LogP contribution in [0.1, 0.15) is 0 Å². The summed E-state index contributed by atoms with van der Waals surface area (Å²) in [6, 6.07) is 16.7. The Morgan fingerprint density at radius 2 is 1.19 bits per heavy atom. The maximum atomic E-state index is 9.33. The van der Waals surface area contributed by atoms with Crippen LogP contribution in [0.25, 0.3) is 10.8 Å². The highest BCUT2D eigenvalue weighted by Crippen LogP contribution is 2.11. The van der Waals surface area contributed by atoms with Crippen LogP contribution in [-0.2, 0) is 14.6 Å². The summed E-state index contributed by atoms with van der Waals surface area (Å²) in [7, 11) is -3.29. The van der Waals surface area contributed by atoms with Gasteiger partial charge in [-0.05, 0) is 10.8 Å². The summed E-state index contributed by atoms with van der Waals surface area (Å²) in [5, 5.41) is 2.62. The molecule has 0 saturated heterocycles. The molecule has 0 amide bonds. The molecule has 0 aromatic heterocycles. The van der Waals surface area contributed by atoms with Gasteiger partial charge in [0, 0.05) is 0 Å². The van der Waals surface area contributed by atoms with E-state index in [2.05, 4.69) is 52.7 Å². The average molecular weight is 240 g/mol. The lowest BCUT2D eigenvalue weighted by molar-refractivity contribution is 0.324. The molecule has 4 nitrogen and oxygen atoms in total. The molecule has 0 fully saturated rings. The van der Waals surface area contributed by atoms with Crippen LogP contribution in [0.3, 0.4) is 0 Å². The number of benzene rings is 2. The van der Waals surface area contributed by atoms with Gasteiger partial charge in [-0.2, -0.15) is 8.42 Å². The Balaban J connectivity index is 0.000000187. The van der Waals surface area contributed by atoms with Crippen molar-refractivity contribution in [2.24, 2.45) is 0 Å². The fraction of sp³-hybridized carbons (Fsp3) is 0.0909. The van der Waals surface area contributed by atoms with Gasteiger partial charge in [-0.25, -0.2) is 0 Å². The van der Waals surface area contributed by atoms with Gasteiger partial charge in [-0.1, -0.05) is 48.5 Å². The van der Waals surface area contributed by atoms with Gasteiger partial charge in [0.05, 0.1) is 7.11 Å². The molecule has 0 aliphatic carbocycles. The molecule has 0 aliphatic rings. The van der Waals surface area contributed by atoms with Crippen LogP contribution in [0.15, 0.2) is 48.5 Å². The maximum Gasteiger partial charge on any atom is 0.397 e. The molecule has 0 saturated carbocycles. The number of hydrogen-bond donors (Lipinski definition) is 1. The van der Waals surface area contributed by atoms with E-state index >= 15 is 0 Å². The Labute approximate surface area is 94.4 Å².